The summed E-state index contributed by atoms with van der Waals surface area (Å²) in [6.45, 7) is 2.30. The number of ether oxygens (including phenoxy) is 1. The van der Waals surface area contributed by atoms with Crippen molar-refractivity contribution in [2.24, 2.45) is 11.7 Å². The van der Waals surface area contributed by atoms with Crippen molar-refractivity contribution in [2.45, 2.75) is 44.2 Å². The van der Waals surface area contributed by atoms with Crippen LogP contribution in [0.25, 0.3) is 0 Å². The van der Waals surface area contributed by atoms with Crippen molar-refractivity contribution in [2.75, 3.05) is 13.7 Å². The number of halogens is 2. The molecule has 1 saturated carbocycles. The summed E-state index contributed by atoms with van der Waals surface area (Å²) in [4.78, 5) is 12.6. The zero-order valence-corrected chi connectivity index (χ0v) is 14.5. The highest BCUT2D eigenvalue weighted by atomic mass is 35.5. The van der Waals surface area contributed by atoms with Gasteiger partial charge in [-0.2, -0.15) is 0 Å². The van der Waals surface area contributed by atoms with Gasteiger partial charge < -0.3 is 15.8 Å². The molecule has 2 rings (SSSR count). The second kappa shape index (κ2) is 8.62. The van der Waals surface area contributed by atoms with Crippen LogP contribution in [0.15, 0.2) is 24.3 Å². The van der Waals surface area contributed by atoms with Crippen molar-refractivity contribution in [3.63, 3.8) is 0 Å². The van der Waals surface area contributed by atoms with Gasteiger partial charge >= 0.3 is 0 Å². The molecule has 0 radical (unpaired) electrons. The molecule has 0 aliphatic heterocycles. The highest BCUT2D eigenvalue weighted by Gasteiger charge is 2.38. The molecule has 6 heteroatoms. The molecule has 130 valence electrons. The maximum Gasteiger partial charge on any atom is 0.256 e. The van der Waals surface area contributed by atoms with Crippen molar-refractivity contribution in [1.82, 2.24) is 5.32 Å². The number of carbonyl (C=O) groups is 1. The van der Waals surface area contributed by atoms with Gasteiger partial charge in [-0.1, -0.05) is 18.2 Å². The van der Waals surface area contributed by atoms with Gasteiger partial charge in [-0.3, -0.25) is 4.79 Å². The standard InChI is InChI=1S/C17H25FN2O2.ClH/c1-17(22-2,14-5-3-4-6-15(14)18)16(21)20-13-9-7-12(11-19)8-10-13;/h3-6,12-13H,7-11,19H2,1-2H3,(H,20,21);1H/t12?,13?,17-;/m1./s1. The van der Waals surface area contributed by atoms with Gasteiger partial charge in [0.2, 0.25) is 0 Å². The summed E-state index contributed by atoms with van der Waals surface area (Å²) >= 11 is 0. The topological polar surface area (TPSA) is 64.3 Å². The Labute approximate surface area is 143 Å². The molecule has 1 aromatic carbocycles. The Morgan fingerprint density at radius 2 is 1.96 bits per heavy atom. The molecule has 1 atom stereocenters. The van der Waals surface area contributed by atoms with E-state index in [1.165, 1.54) is 13.2 Å². The lowest BCUT2D eigenvalue weighted by Gasteiger charge is -2.33. The fraction of sp³-hybridized carbons (Fsp3) is 0.588. The second-order valence-corrected chi connectivity index (χ2v) is 6.14. The molecule has 0 unspecified atom stereocenters. The van der Waals surface area contributed by atoms with Crippen molar-refractivity contribution in [1.29, 1.82) is 0 Å². The highest BCUT2D eigenvalue weighted by Crippen LogP contribution is 2.29. The molecule has 4 nitrogen and oxygen atoms in total. The van der Waals surface area contributed by atoms with E-state index in [-0.39, 0.29) is 29.9 Å². The number of methoxy groups -OCH3 is 1. The normalized spacial score (nSPS) is 23.5. The Bertz CT molecular complexity index is 521. The minimum absolute atomic E-state index is 0. The van der Waals surface area contributed by atoms with Crippen LogP contribution in [0, 0.1) is 11.7 Å². The molecule has 0 aromatic heterocycles. The number of nitrogens with one attached hydrogen (secondary N) is 1. The summed E-state index contributed by atoms with van der Waals surface area (Å²) in [5.41, 5.74) is 4.62. The van der Waals surface area contributed by atoms with Crippen LogP contribution in [0.2, 0.25) is 0 Å². The summed E-state index contributed by atoms with van der Waals surface area (Å²) in [6.07, 6.45) is 3.85. The average Bonchev–Trinajstić information content (AvgIpc) is 2.55. The lowest BCUT2D eigenvalue weighted by Crippen LogP contribution is -2.49. The third-order valence-electron chi connectivity index (χ3n) is 4.74. The van der Waals surface area contributed by atoms with Crippen LogP contribution >= 0.6 is 12.4 Å². The van der Waals surface area contributed by atoms with E-state index in [0.29, 0.717) is 12.5 Å². The largest absolute Gasteiger partial charge is 0.364 e. The van der Waals surface area contributed by atoms with Crippen molar-refractivity contribution < 1.29 is 13.9 Å². The lowest BCUT2D eigenvalue weighted by molar-refractivity contribution is -0.144. The van der Waals surface area contributed by atoms with Crippen LogP contribution in [-0.4, -0.2) is 25.6 Å². The smallest absolute Gasteiger partial charge is 0.256 e. The number of carbonyl (C=O) groups excluding carboxylic acids is 1. The van der Waals surface area contributed by atoms with E-state index in [1.54, 1.807) is 25.1 Å². The van der Waals surface area contributed by atoms with Gasteiger partial charge in [0.15, 0.2) is 5.60 Å². The maximum absolute atomic E-state index is 14.0. The summed E-state index contributed by atoms with van der Waals surface area (Å²) in [5, 5.41) is 3.01. The number of rotatable bonds is 5. The number of benzene rings is 1. The summed E-state index contributed by atoms with van der Waals surface area (Å²) < 4.78 is 19.4. The first kappa shape index (κ1) is 19.9. The lowest BCUT2D eigenvalue weighted by atomic mass is 9.85. The first-order valence-electron chi connectivity index (χ1n) is 7.82. The van der Waals surface area contributed by atoms with E-state index >= 15 is 0 Å². The molecule has 0 bridgehead atoms. The number of nitrogens with two attached hydrogens (primary N) is 1. The van der Waals surface area contributed by atoms with Gasteiger partial charge in [0, 0.05) is 18.7 Å². The van der Waals surface area contributed by atoms with Gasteiger partial charge in [-0.15, -0.1) is 12.4 Å². The Balaban J connectivity index is 0.00000264. The van der Waals surface area contributed by atoms with Crippen LogP contribution in [-0.2, 0) is 15.1 Å². The molecule has 3 N–H and O–H groups in total. The molecule has 23 heavy (non-hydrogen) atoms. The molecule has 1 aliphatic rings. The minimum atomic E-state index is -1.32. The van der Waals surface area contributed by atoms with Gasteiger partial charge in [0.1, 0.15) is 5.82 Å². The van der Waals surface area contributed by atoms with E-state index in [9.17, 15) is 9.18 Å². The third kappa shape index (κ3) is 4.43. The number of amides is 1. The monoisotopic (exact) mass is 344 g/mol. The summed E-state index contributed by atoms with van der Waals surface area (Å²) in [7, 11) is 1.43. The zero-order valence-electron chi connectivity index (χ0n) is 13.7. The predicted octanol–water partition coefficient (Wildman–Crippen LogP) is 2.74. The molecule has 1 aromatic rings. The zero-order chi connectivity index (χ0) is 16.2. The molecule has 0 spiro atoms. The van der Waals surface area contributed by atoms with Crippen LogP contribution in [0.5, 0.6) is 0 Å². The fourth-order valence-electron chi connectivity index (χ4n) is 3.04. The van der Waals surface area contributed by atoms with E-state index in [0.717, 1.165) is 25.7 Å². The molecular weight excluding hydrogens is 319 g/mol. The minimum Gasteiger partial charge on any atom is -0.364 e. The predicted molar refractivity (Wildman–Crippen MR) is 91.0 cm³/mol. The summed E-state index contributed by atoms with van der Waals surface area (Å²) in [5.74, 6) is -0.182. The highest BCUT2D eigenvalue weighted by molar-refractivity contribution is 5.86. The molecule has 1 aliphatic carbocycles. The van der Waals surface area contributed by atoms with Crippen LogP contribution in [0.4, 0.5) is 4.39 Å². The first-order valence-corrected chi connectivity index (χ1v) is 7.82. The third-order valence-corrected chi connectivity index (χ3v) is 4.74. The van der Waals surface area contributed by atoms with Gasteiger partial charge in [0.25, 0.3) is 5.91 Å². The summed E-state index contributed by atoms with van der Waals surface area (Å²) in [6, 6.07) is 6.34. The Kier molecular flexibility index (Phi) is 7.45. The van der Waals surface area contributed by atoms with Crippen molar-refractivity contribution in [3.8, 4) is 0 Å². The maximum atomic E-state index is 14.0. The quantitative estimate of drug-likeness (QED) is 0.863. The van der Waals surface area contributed by atoms with Crippen LogP contribution < -0.4 is 11.1 Å². The van der Waals surface area contributed by atoms with E-state index in [4.69, 9.17) is 10.5 Å². The van der Waals surface area contributed by atoms with Gasteiger partial charge in [-0.05, 0) is 51.1 Å². The molecular formula is C17H26ClFN2O2. The SMILES string of the molecule is CO[C@@](C)(C(=O)NC1CCC(CN)CC1)c1ccccc1F.Cl. The van der Waals surface area contributed by atoms with Crippen LogP contribution in [0.3, 0.4) is 0 Å². The Hall–Kier alpha value is -1.17. The molecule has 1 amide bonds. The average molecular weight is 345 g/mol. The van der Waals surface area contributed by atoms with E-state index in [2.05, 4.69) is 5.32 Å². The second-order valence-electron chi connectivity index (χ2n) is 6.14. The van der Waals surface area contributed by atoms with Gasteiger partial charge in [-0.25, -0.2) is 4.39 Å². The first-order chi connectivity index (χ1) is 10.5. The fourth-order valence-corrected chi connectivity index (χ4v) is 3.04. The Morgan fingerprint density at radius 1 is 1.35 bits per heavy atom. The van der Waals surface area contributed by atoms with E-state index in [1.807, 2.05) is 0 Å². The molecule has 0 heterocycles. The van der Waals surface area contributed by atoms with Crippen LogP contribution in [0.1, 0.15) is 38.2 Å². The van der Waals surface area contributed by atoms with E-state index < -0.39 is 11.4 Å². The number of hydrogen-bond acceptors (Lipinski definition) is 3. The molecule has 0 saturated heterocycles. The van der Waals surface area contributed by atoms with Crippen molar-refractivity contribution in [3.05, 3.63) is 35.6 Å². The van der Waals surface area contributed by atoms with Gasteiger partial charge in [0.05, 0.1) is 0 Å². The Morgan fingerprint density at radius 3 is 2.48 bits per heavy atom. The van der Waals surface area contributed by atoms with Crippen molar-refractivity contribution >= 4 is 18.3 Å². The number of hydrogen-bond donors (Lipinski definition) is 2. The molecule has 1 fully saturated rings.